The third-order valence-corrected chi connectivity index (χ3v) is 2.09. The van der Waals surface area contributed by atoms with E-state index in [0.717, 1.165) is 11.3 Å². The second-order valence-electron chi connectivity index (χ2n) is 1.67. The standard InChI is InChI=1S/C5H2ClNO3S/c6-4(8)3-1-2-11-5(3)7(9)10/h1-2H. The Balaban J connectivity index is 3.16. The van der Waals surface area contributed by atoms with Crippen molar-refractivity contribution >= 4 is 33.2 Å². The minimum Gasteiger partial charge on any atom is -0.275 e. The molecule has 58 valence electrons. The summed E-state index contributed by atoms with van der Waals surface area (Å²) in [5.74, 6) is 0. The van der Waals surface area contributed by atoms with Crippen LogP contribution >= 0.6 is 22.9 Å². The molecule has 0 fully saturated rings. The van der Waals surface area contributed by atoms with E-state index in [4.69, 9.17) is 11.6 Å². The lowest BCUT2D eigenvalue weighted by atomic mass is 10.3. The van der Waals surface area contributed by atoms with E-state index in [2.05, 4.69) is 0 Å². The molecule has 0 N–H and O–H groups in total. The lowest BCUT2D eigenvalue weighted by molar-refractivity contribution is -0.380. The summed E-state index contributed by atoms with van der Waals surface area (Å²) in [6, 6.07) is 1.33. The van der Waals surface area contributed by atoms with Crippen LogP contribution in [0.4, 0.5) is 5.00 Å². The Labute approximate surface area is 70.6 Å². The van der Waals surface area contributed by atoms with Gasteiger partial charge in [0.05, 0.1) is 4.92 Å². The van der Waals surface area contributed by atoms with Crippen molar-refractivity contribution in [2.24, 2.45) is 0 Å². The third-order valence-electron chi connectivity index (χ3n) is 1.02. The summed E-state index contributed by atoms with van der Waals surface area (Å²) in [6.07, 6.45) is 0. The highest BCUT2D eigenvalue weighted by Crippen LogP contribution is 2.26. The van der Waals surface area contributed by atoms with Crippen LogP contribution in [-0.4, -0.2) is 10.2 Å². The SMILES string of the molecule is O=C(Cl)c1ccsc1[N+](=O)[O-]. The van der Waals surface area contributed by atoms with Crippen LogP contribution in [0, 0.1) is 10.1 Å². The van der Waals surface area contributed by atoms with Crippen molar-refractivity contribution in [2.45, 2.75) is 0 Å². The van der Waals surface area contributed by atoms with Gasteiger partial charge in [0.25, 0.3) is 5.24 Å². The molecule has 0 amide bonds. The fourth-order valence-electron chi connectivity index (χ4n) is 0.592. The molecular formula is C5H2ClNO3S. The van der Waals surface area contributed by atoms with E-state index in [9.17, 15) is 14.9 Å². The number of nitrogens with zero attached hydrogens (tertiary/aromatic N) is 1. The first-order valence-corrected chi connectivity index (χ1v) is 3.80. The van der Waals surface area contributed by atoms with Gasteiger partial charge in [-0.2, -0.15) is 0 Å². The first kappa shape index (κ1) is 8.16. The van der Waals surface area contributed by atoms with Crippen molar-refractivity contribution in [1.29, 1.82) is 0 Å². The van der Waals surface area contributed by atoms with Crippen LogP contribution in [0.3, 0.4) is 0 Å². The summed E-state index contributed by atoms with van der Waals surface area (Å²) in [5, 5.41) is 10.6. The van der Waals surface area contributed by atoms with Gasteiger partial charge in [0.2, 0.25) is 0 Å². The highest BCUT2D eigenvalue weighted by Gasteiger charge is 2.19. The molecule has 4 nitrogen and oxygen atoms in total. The predicted molar refractivity (Wildman–Crippen MR) is 41.2 cm³/mol. The molecule has 0 saturated carbocycles. The highest BCUT2D eigenvalue weighted by molar-refractivity contribution is 7.14. The van der Waals surface area contributed by atoms with Gasteiger partial charge in [-0.25, -0.2) is 0 Å². The largest absolute Gasteiger partial charge is 0.336 e. The molecule has 1 aromatic heterocycles. The van der Waals surface area contributed by atoms with Gasteiger partial charge < -0.3 is 0 Å². The lowest BCUT2D eigenvalue weighted by Crippen LogP contribution is -1.92. The highest BCUT2D eigenvalue weighted by atomic mass is 35.5. The number of nitro groups is 1. The first-order valence-electron chi connectivity index (χ1n) is 2.54. The first-order chi connectivity index (χ1) is 5.13. The molecule has 0 aliphatic heterocycles. The molecule has 0 radical (unpaired) electrons. The molecule has 0 saturated heterocycles. The molecule has 0 aliphatic carbocycles. The van der Waals surface area contributed by atoms with Crippen molar-refractivity contribution in [3.05, 3.63) is 27.1 Å². The van der Waals surface area contributed by atoms with E-state index in [1.807, 2.05) is 0 Å². The van der Waals surface area contributed by atoms with E-state index < -0.39 is 10.2 Å². The molecule has 1 aromatic rings. The molecule has 0 bridgehead atoms. The van der Waals surface area contributed by atoms with Gasteiger partial charge in [-0.05, 0) is 23.0 Å². The molecule has 0 aromatic carbocycles. The van der Waals surface area contributed by atoms with E-state index in [0.29, 0.717) is 0 Å². The van der Waals surface area contributed by atoms with E-state index in [1.165, 1.54) is 11.4 Å². The molecule has 1 rings (SSSR count). The van der Waals surface area contributed by atoms with Crippen LogP contribution < -0.4 is 0 Å². The van der Waals surface area contributed by atoms with Crippen LogP contribution in [0.5, 0.6) is 0 Å². The van der Waals surface area contributed by atoms with Crippen molar-refractivity contribution in [2.75, 3.05) is 0 Å². The maximum Gasteiger partial charge on any atom is 0.336 e. The van der Waals surface area contributed by atoms with E-state index in [1.54, 1.807) is 0 Å². The fraction of sp³-hybridized carbons (Fsp3) is 0. The number of carbonyl (C=O) groups excluding carboxylic acids is 1. The van der Waals surface area contributed by atoms with Crippen LogP contribution in [0.15, 0.2) is 11.4 Å². The normalized spacial score (nSPS) is 9.55. The number of hydrogen-bond donors (Lipinski definition) is 0. The average molecular weight is 192 g/mol. The van der Waals surface area contributed by atoms with Gasteiger partial charge in [-0.15, -0.1) is 0 Å². The quantitative estimate of drug-likeness (QED) is 0.408. The summed E-state index contributed by atoms with van der Waals surface area (Å²) in [7, 11) is 0. The molecular weight excluding hydrogens is 190 g/mol. The van der Waals surface area contributed by atoms with E-state index in [-0.39, 0.29) is 10.6 Å². The zero-order valence-electron chi connectivity index (χ0n) is 5.11. The Morgan fingerprint density at radius 3 is 2.73 bits per heavy atom. The number of rotatable bonds is 2. The average Bonchev–Trinajstić information content (AvgIpc) is 2.32. The predicted octanol–water partition coefficient (Wildman–Crippen LogP) is 2.04. The number of thiophene rings is 1. The maximum absolute atomic E-state index is 10.5. The smallest absolute Gasteiger partial charge is 0.275 e. The molecule has 0 atom stereocenters. The number of halogens is 1. The van der Waals surface area contributed by atoms with Gasteiger partial charge in [0.1, 0.15) is 5.56 Å². The Kier molecular flexibility index (Phi) is 2.21. The lowest BCUT2D eigenvalue weighted by Gasteiger charge is -1.86. The number of hydrogen-bond acceptors (Lipinski definition) is 4. The van der Waals surface area contributed by atoms with Gasteiger partial charge in [0.15, 0.2) is 0 Å². The molecule has 0 unspecified atom stereocenters. The Morgan fingerprint density at radius 2 is 2.36 bits per heavy atom. The van der Waals surface area contributed by atoms with Crippen LogP contribution in [0.1, 0.15) is 10.4 Å². The molecule has 6 heteroatoms. The second-order valence-corrected chi connectivity index (χ2v) is 2.91. The minimum atomic E-state index is -0.794. The maximum atomic E-state index is 10.5. The minimum absolute atomic E-state index is 0.0401. The van der Waals surface area contributed by atoms with Crippen molar-refractivity contribution in [3.8, 4) is 0 Å². The third kappa shape index (κ3) is 1.55. The summed E-state index contributed by atoms with van der Waals surface area (Å²) in [5.41, 5.74) is -0.0401. The summed E-state index contributed by atoms with van der Waals surface area (Å²) in [4.78, 5) is 20.1. The van der Waals surface area contributed by atoms with Crippen molar-refractivity contribution < 1.29 is 9.72 Å². The Morgan fingerprint density at radius 1 is 1.73 bits per heavy atom. The number of carbonyl (C=O) groups is 1. The Bertz CT molecular complexity index is 280. The summed E-state index contributed by atoms with van der Waals surface area (Å²) >= 11 is 5.94. The summed E-state index contributed by atoms with van der Waals surface area (Å²) < 4.78 is 0. The molecule has 11 heavy (non-hydrogen) atoms. The van der Waals surface area contributed by atoms with Gasteiger partial charge >= 0.3 is 5.00 Å². The van der Waals surface area contributed by atoms with Crippen LogP contribution in [-0.2, 0) is 0 Å². The molecule has 0 spiro atoms. The summed E-state index contributed by atoms with van der Waals surface area (Å²) in [6.45, 7) is 0. The Hall–Kier alpha value is -0.940. The molecule has 0 aliphatic rings. The van der Waals surface area contributed by atoms with Crippen LogP contribution in [0.25, 0.3) is 0 Å². The monoisotopic (exact) mass is 191 g/mol. The topological polar surface area (TPSA) is 60.2 Å². The fourth-order valence-corrected chi connectivity index (χ4v) is 1.51. The van der Waals surface area contributed by atoms with Crippen molar-refractivity contribution in [3.63, 3.8) is 0 Å². The van der Waals surface area contributed by atoms with E-state index >= 15 is 0 Å². The van der Waals surface area contributed by atoms with Gasteiger partial charge in [0, 0.05) is 0 Å². The second kappa shape index (κ2) is 2.98. The van der Waals surface area contributed by atoms with Crippen LogP contribution in [0.2, 0.25) is 0 Å². The van der Waals surface area contributed by atoms with Crippen molar-refractivity contribution in [1.82, 2.24) is 0 Å². The van der Waals surface area contributed by atoms with Gasteiger partial charge in [-0.3, -0.25) is 14.9 Å². The van der Waals surface area contributed by atoms with Gasteiger partial charge in [-0.1, -0.05) is 11.3 Å². The zero-order valence-corrected chi connectivity index (χ0v) is 6.69. The molecule has 1 heterocycles. The zero-order chi connectivity index (χ0) is 8.43.